The van der Waals surface area contributed by atoms with E-state index in [1.807, 2.05) is 37.3 Å². The van der Waals surface area contributed by atoms with Gasteiger partial charge in [0, 0.05) is 9.86 Å². The largest absolute Gasteiger partial charge is 0.459 e. The Kier molecular flexibility index (Phi) is 3.96. The molecule has 0 aliphatic rings. The number of furan rings is 1. The van der Waals surface area contributed by atoms with Gasteiger partial charge in [-0.05, 0) is 55.8 Å². The van der Waals surface area contributed by atoms with Gasteiger partial charge in [-0.2, -0.15) is 0 Å². The molecule has 0 fully saturated rings. The van der Waals surface area contributed by atoms with Crippen molar-refractivity contribution in [2.24, 2.45) is 0 Å². The van der Waals surface area contributed by atoms with Crippen LogP contribution in [0.5, 0.6) is 0 Å². The molecule has 21 heavy (non-hydrogen) atoms. The molecule has 0 saturated heterocycles. The molecule has 0 radical (unpaired) electrons. The monoisotopic (exact) mass is 363 g/mol. The first-order valence-electron chi connectivity index (χ1n) is 6.74. The predicted octanol–water partition coefficient (Wildman–Crippen LogP) is 6.33. The topological polar surface area (TPSA) is 25.2 Å². The van der Waals surface area contributed by atoms with Gasteiger partial charge in [0.05, 0.1) is 16.8 Å². The molecule has 1 aromatic heterocycles. The van der Waals surface area contributed by atoms with Crippen LogP contribution in [0.4, 0.5) is 5.69 Å². The van der Waals surface area contributed by atoms with Crippen molar-refractivity contribution < 1.29 is 4.42 Å². The summed E-state index contributed by atoms with van der Waals surface area (Å²) >= 11 is 9.70. The van der Waals surface area contributed by atoms with Crippen molar-refractivity contribution in [2.45, 2.75) is 19.9 Å². The van der Waals surface area contributed by atoms with Gasteiger partial charge in [0.2, 0.25) is 0 Å². The minimum Gasteiger partial charge on any atom is -0.459 e. The summed E-state index contributed by atoms with van der Waals surface area (Å²) in [6.45, 7) is 4.11. The van der Waals surface area contributed by atoms with Crippen molar-refractivity contribution in [1.82, 2.24) is 0 Å². The maximum atomic E-state index is 6.23. The summed E-state index contributed by atoms with van der Waals surface area (Å²) in [7, 11) is 0. The Hall–Kier alpha value is -1.45. The summed E-state index contributed by atoms with van der Waals surface area (Å²) in [4.78, 5) is 0. The zero-order valence-corrected chi connectivity index (χ0v) is 14.1. The molecule has 0 aliphatic carbocycles. The van der Waals surface area contributed by atoms with Gasteiger partial charge in [0.15, 0.2) is 0 Å². The number of aryl methyl sites for hydroxylation is 1. The molecule has 1 unspecified atom stereocenters. The number of nitrogens with one attached hydrogen (secondary N) is 1. The van der Waals surface area contributed by atoms with E-state index in [2.05, 4.69) is 40.3 Å². The average Bonchev–Trinajstić information content (AvgIpc) is 2.86. The fourth-order valence-corrected chi connectivity index (χ4v) is 2.85. The molecule has 0 spiro atoms. The highest BCUT2D eigenvalue weighted by atomic mass is 79.9. The maximum Gasteiger partial charge on any atom is 0.134 e. The second kappa shape index (κ2) is 5.74. The molecule has 0 bridgehead atoms. The van der Waals surface area contributed by atoms with Crippen LogP contribution in [0.25, 0.3) is 11.0 Å². The van der Waals surface area contributed by atoms with Gasteiger partial charge in [-0.3, -0.25) is 0 Å². The Labute approximate surface area is 137 Å². The molecule has 4 heteroatoms. The van der Waals surface area contributed by atoms with E-state index in [0.29, 0.717) is 5.02 Å². The lowest BCUT2D eigenvalue weighted by Gasteiger charge is -2.14. The molecule has 3 rings (SSSR count). The lowest BCUT2D eigenvalue weighted by molar-refractivity contribution is 0.526. The fourth-order valence-electron chi connectivity index (χ4n) is 2.30. The third-order valence-electron chi connectivity index (χ3n) is 3.42. The molecule has 1 N–H and O–H groups in total. The van der Waals surface area contributed by atoms with Crippen LogP contribution in [0.15, 0.2) is 51.4 Å². The summed E-state index contributed by atoms with van der Waals surface area (Å²) in [5, 5.41) is 5.21. The highest BCUT2D eigenvalue weighted by Gasteiger charge is 2.13. The average molecular weight is 365 g/mol. The van der Waals surface area contributed by atoms with Crippen LogP contribution in [0, 0.1) is 6.92 Å². The van der Waals surface area contributed by atoms with Crippen LogP contribution in [0.1, 0.15) is 24.3 Å². The zero-order valence-electron chi connectivity index (χ0n) is 11.8. The Balaban J connectivity index is 1.89. The summed E-state index contributed by atoms with van der Waals surface area (Å²) in [6, 6.07) is 14.0. The molecule has 2 aromatic carbocycles. The van der Waals surface area contributed by atoms with Crippen LogP contribution in [0.3, 0.4) is 0 Å². The molecule has 0 aliphatic heterocycles. The minimum atomic E-state index is 0.0375. The van der Waals surface area contributed by atoms with Crippen molar-refractivity contribution in [3.8, 4) is 0 Å². The van der Waals surface area contributed by atoms with E-state index in [9.17, 15) is 0 Å². The first-order valence-corrected chi connectivity index (χ1v) is 7.92. The number of benzene rings is 2. The Morgan fingerprint density at radius 3 is 2.76 bits per heavy atom. The standard InChI is InChI=1S/C17H15BrClNO/c1-10-3-5-14(19)15(7-10)20-11(2)17-9-12-8-13(18)4-6-16(12)21-17/h3-9,11,20H,1-2H3. The van der Waals surface area contributed by atoms with Gasteiger partial charge in [0.1, 0.15) is 11.3 Å². The highest BCUT2D eigenvalue weighted by Crippen LogP contribution is 2.30. The second-order valence-electron chi connectivity index (χ2n) is 5.18. The smallest absolute Gasteiger partial charge is 0.134 e. The molecule has 1 heterocycles. The van der Waals surface area contributed by atoms with Crippen molar-refractivity contribution in [3.05, 3.63) is 63.3 Å². The van der Waals surface area contributed by atoms with E-state index in [4.69, 9.17) is 16.0 Å². The summed E-state index contributed by atoms with van der Waals surface area (Å²) < 4.78 is 6.95. The van der Waals surface area contributed by atoms with Gasteiger partial charge < -0.3 is 9.73 Å². The van der Waals surface area contributed by atoms with Gasteiger partial charge >= 0.3 is 0 Å². The van der Waals surface area contributed by atoms with Gasteiger partial charge in [-0.15, -0.1) is 0 Å². The van der Waals surface area contributed by atoms with Crippen LogP contribution < -0.4 is 5.32 Å². The summed E-state index contributed by atoms with van der Waals surface area (Å²) in [6.07, 6.45) is 0. The molecule has 3 aromatic rings. The van der Waals surface area contributed by atoms with E-state index in [0.717, 1.165) is 26.9 Å². The zero-order chi connectivity index (χ0) is 15.0. The maximum absolute atomic E-state index is 6.23. The SMILES string of the molecule is Cc1ccc(Cl)c(NC(C)c2cc3cc(Br)ccc3o2)c1. The van der Waals surface area contributed by atoms with E-state index >= 15 is 0 Å². The molecule has 0 amide bonds. The molecular formula is C17H15BrClNO. The normalized spacial score (nSPS) is 12.6. The van der Waals surface area contributed by atoms with E-state index in [1.165, 1.54) is 5.56 Å². The van der Waals surface area contributed by atoms with Gasteiger partial charge in [-0.25, -0.2) is 0 Å². The third kappa shape index (κ3) is 3.09. The second-order valence-corrected chi connectivity index (χ2v) is 6.50. The van der Waals surface area contributed by atoms with Crippen LogP contribution in [0.2, 0.25) is 5.02 Å². The van der Waals surface area contributed by atoms with Crippen molar-refractivity contribution >= 4 is 44.2 Å². The fraction of sp³-hybridized carbons (Fsp3) is 0.176. The lowest BCUT2D eigenvalue weighted by Crippen LogP contribution is -2.06. The van der Waals surface area contributed by atoms with Crippen LogP contribution in [-0.2, 0) is 0 Å². The van der Waals surface area contributed by atoms with Crippen molar-refractivity contribution in [1.29, 1.82) is 0 Å². The van der Waals surface area contributed by atoms with E-state index < -0.39 is 0 Å². The number of rotatable bonds is 3. The summed E-state index contributed by atoms with van der Waals surface area (Å²) in [5.74, 6) is 0.890. The predicted molar refractivity (Wildman–Crippen MR) is 92.1 cm³/mol. The highest BCUT2D eigenvalue weighted by molar-refractivity contribution is 9.10. The number of hydrogen-bond acceptors (Lipinski definition) is 2. The molecule has 2 nitrogen and oxygen atoms in total. The molecular weight excluding hydrogens is 350 g/mol. The first kappa shape index (κ1) is 14.5. The lowest BCUT2D eigenvalue weighted by atomic mass is 10.2. The molecule has 108 valence electrons. The Morgan fingerprint density at radius 1 is 1.14 bits per heavy atom. The van der Waals surface area contributed by atoms with E-state index in [-0.39, 0.29) is 6.04 Å². The number of hydrogen-bond donors (Lipinski definition) is 1. The number of halogens is 2. The first-order chi connectivity index (χ1) is 10.0. The van der Waals surface area contributed by atoms with Crippen LogP contribution in [-0.4, -0.2) is 0 Å². The third-order valence-corrected chi connectivity index (χ3v) is 4.24. The molecule has 0 saturated carbocycles. The quantitative estimate of drug-likeness (QED) is 0.587. The van der Waals surface area contributed by atoms with Gasteiger partial charge in [-0.1, -0.05) is 33.6 Å². The number of fused-ring (bicyclic) bond motifs is 1. The minimum absolute atomic E-state index is 0.0375. The van der Waals surface area contributed by atoms with Crippen molar-refractivity contribution in [2.75, 3.05) is 5.32 Å². The van der Waals surface area contributed by atoms with Gasteiger partial charge in [0.25, 0.3) is 0 Å². The molecule has 1 atom stereocenters. The van der Waals surface area contributed by atoms with Crippen molar-refractivity contribution in [3.63, 3.8) is 0 Å². The number of anilines is 1. The Bertz CT molecular complexity index is 797. The van der Waals surface area contributed by atoms with Crippen LogP contribution >= 0.6 is 27.5 Å². The Morgan fingerprint density at radius 2 is 1.95 bits per heavy atom. The summed E-state index contributed by atoms with van der Waals surface area (Å²) in [5.41, 5.74) is 2.98. The van der Waals surface area contributed by atoms with E-state index in [1.54, 1.807) is 0 Å².